The molecule has 1 aliphatic carbocycles. The Morgan fingerprint density at radius 3 is 2.62 bits per heavy atom. The Balaban J connectivity index is 1.80. The van der Waals surface area contributed by atoms with Gasteiger partial charge in [0, 0.05) is 5.02 Å². The summed E-state index contributed by atoms with van der Waals surface area (Å²) >= 11 is 5.75. The van der Waals surface area contributed by atoms with E-state index in [1.165, 1.54) is 36.1 Å². The zero-order chi connectivity index (χ0) is 17.1. The minimum absolute atomic E-state index is 0.0239. The van der Waals surface area contributed by atoms with Gasteiger partial charge in [-0.05, 0) is 67.0 Å². The smallest absolute Gasteiger partial charge is 0.254 e. The number of hydrogen-bond acceptors (Lipinski definition) is 1. The number of carbonyl (C=O) groups excluding carboxylic acids is 1. The fraction of sp³-hybridized carbons (Fsp3) is 0.350. The predicted octanol–water partition coefficient (Wildman–Crippen LogP) is 5.24. The molecule has 2 aromatic rings. The monoisotopic (exact) mass is 345 g/mol. The summed E-state index contributed by atoms with van der Waals surface area (Å²) in [5.74, 6) is -1.01. The molecule has 0 saturated carbocycles. The van der Waals surface area contributed by atoms with E-state index in [9.17, 15) is 9.18 Å². The van der Waals surface area contributed by atoms with Gasteiger partial charge in [-0.15, -0.1) is 0 Å². The second-order valence-corrected chi connectivity index (χ2v) is 6.73. The minimum Gasteiger partial charge on any atom is -0.345 e. The van der Waals surface area contributed by atoms with E-state index >= 15 is 0 Å². The number of rotatable bonds is 4. The largest absolute Gasteiger partial charge is 0.345 e. The molecule has 0 aromatic heterocycles. The molecule has 4 heteroatoms. The van der Waals surface area contributed by atoms with Gasteiger partial charge in [0.2, 0.25) is 0 Å². The molecule has 3 rings (SSSR count). The van der Waals surface area contributed by atoms with Crippen LogP contribution in [0.15, 0.2) is 36.4 Å². The van der Waals surface area contributed by atoms with Crippen molar-refractivity contribution in [2.45, 2.75) is 45.1 Å². The lowest BCUT2D eigenvalue weighted by atomic mass is 9.88. The molecule has 1 N–H and O–H groups in total. The molecule has 0 fully saturated rings. The highest BCUT2D eigenvalue weighted by Crippen LogP contribution is 2.26. The molecular formula is C20H21ClFNO. The summed E-state index contributed by atoms with van der Waals surface area (Å²) in [4.78, 5) is 12.4. The molecule has 2 aromatic carbocycles. The van der Waals surface area contributed by atoms with Crippen LogP contribution < -0.4 is 5.32 Å². The van der Waals surface area contributed by atoms with E-state index in [4.69, 9.17) is 11.6 Å². The molecular weight excluding hydrogens is 325 g/mol. The molecule has 0 spiro atoms. The van der Waals surface area contributed by atoms with Crippen LogP contribution in [0.5, 0.6) is 0 Å². The Hall–Kier alpha value is -1.87. The highest BCUT2D eigenvalue weighted by molar-refractivity contribution is 6.30. The first-order valence-corrected chi connectivity index (χ1v) is 8.84. The van der Waals surface area contributed by atoms with Crippen molar-refractivity contribution < 1.29 is 9.18 Å². The number of hydrogen-bond donors (Lipinski definition) is 1. The summed E-state index contributed by atoms with van der Waals surface area (Å²) in [5, 5.41) is 3.23. The molecule has 0 unspecified atom stereocenters. The molecule has 0 aliphatic heterocycles. The third-order valence-electron chi connectivity index (χ3n) is 4.66. The second-order valence-electron chi connectivity index (χ2n) is 6.29. The summed E-state index contributed by atoms with van der Waals surface area (Å²) in [7, 11) is 0. The van der Waals surface area contributed by atoms with E-state index in [-0.39, 0.29) is 16.6 Å². The van der Waals surface area contributed by atoms with E-state index in [0.717, 1.165) is 30.9 Å². The number of aryl methyl sites for hydroxylation is 2. The fourth-order valence-electron chi connectivity index (χ4n) is 3.30. The normalized spacial score (nSPS) is 14.8. The molecule has 2 nitrogen and oxygen atoms in total. The summed E-state index contributed by atoms with van der Waals surface area (Å²) in [6.07, 6.45) is 5.44. The maximum Gasteiger partial charge on any atom is 0.254 e. The van der Waals surface area contributed by atoms with Crippen LogP contribution in [0.3, 0.4) is 0 Å². The van der Waals surface area contributed by atoms with Gasteiger partial charge < -0.3 is 5.32 Å². The summed E-state index contributed by atoms with van der Waals surface area (Å²) < 4.78 is 13.9. The molecule has 1 amide bonds. The van der Waals surface area contributed by atoms with E-state index in [1.807, 2.05) is 6.92 Å². The zero-order valence-corrected chi connectivity index (χ0v) is 14.5. The van der Waals surface area contributed by atoms with Crippen LogP contribution in [0.1, 0.15) is 59.3 Å². The molecule has 126 valence electrons. The van der Waals surface area contributed by atoms with Crippen molar-refractivity contribution in [2.24, 2.45) is 0 Å². The first-order valence-electron chi connectivity index (χ1n) is 8.46. The molecule has 24 heavy (non-hydrogen) atoms. The second kappa shape index (κ2) is 7.35. The van der Waals surface area contributed by atoms with Crippen molar-refractivity contribution >= 4 is 17.5 Å². The number of carbonyl (C=O) groups is 1. The summed E-state index contributed by atoms with van der Waals surface area (Å²) in [6.45, 7) is 2.02. The Labute approximate surface area is 147 Å². The minimum atomic E-state index is -0.597. The van der Waals surface area contributed by atoms with Crippen LogP contribution in [0, 0.1) is 5.82 Å². The Kier molecular flexibility index (Phi) is 5.20. The van der Waals surface area contributed by atoms with E-state index in [0.29, 0.717) is 0 Å². The maximum atomic E-state index is 13.9. The van der Waals surface area contributed by atoms with Crippen molar-refractivity contribution in [2.75, 3.05) is 0 Å². The van der Waals surface area contributed by atoms with Gasteiger partial charge in [0.1, 0.15) is 5.82 Å². The van der Waals surface area contributed by atoms with Crippen LogP contribution in [0.4, 0.5) is 4.39 Å². The summed E-state index contributed by atoms with van der Waals surface area (Å²) in [5.41, 5.74) is 3.90. The number of fused-ring (bicyclic) bond motifs is 1. The van der Waals surface area contributed by atoms with Gasteiger partial charge in [-0.2, -0.15) is 0 Å². The van der Waals surface area contributed by atoms with Crippen LogP contribution in [-0.2, 0) is 12.8 Å². The van der Waals surface area contributed by atoms with Gasteiger partial charge in [0.25, 0.3) is 5.91 Å². The number of amides is 1. The molecule has 0 heterocycles. The van der Waals surface area contributed by atoms with Gasteiger partial charge in [0.05, 0.1) is 11.6 Å². The van der Waals surface area contributed by atoms with E-state index in [2.05, 4.69) is 23.5 Å². The number of benzene rings is 2. The molecule has 1 aliphatic rings. The van der Waals surface area contributed by atoms with E-state index < -0.39 is 11.7 Å². The van der Waals surface area contributed by atoms with Gasteiger partial charge >= 0.3 is 0 Å². The Morgan fingerprint density at radius 1 is 1.17 bits per heavy atom. The van der Waals surface area contributed by atoms with Crippen molar-refractivity contribution in [1.29, 1.82) is 0 Å². The number of halogens is 2. The average molecular weight is 346 g/mol. The molecule has 1 atom stereocenters. The van der Waals surface area contributed by atoms with E-state index in [1.54, 1.807) is 0 Å². The van der Waals surface area contributed by atoms with Gasteiger partial charge in [0.15, 0.2) is 0 Å². The maximum absolute atomic E-state index is 13.9. The fourth-order valence-corrected chi connectivity index (χ4v) is 3.46. The third kappa shape index (κ3) is 3.62. The van der Waals surface area contributed by atoms with Crippen molar-refractivity contribution in [3.8, 4) is 0 Å². The quantitative estimate of drug-likeness (QED) is 0.806. The van der Waals surface area contributed by atoms with Crippen molar-refractivity contribution in [3.05, 3.63) is 69.5 Å². The predicted molar refractivity (Wildman–Crippen MR) is 95.0 cm³/mol. The highest BCUT2D eigenvalue weighted by atomic mass is 35.5. The SMILES string of the molecule is CC[C@@H](NC(=O)c1ccc(Cl)cc1F)c1ccc2c(c1)CCCC2. The molecule has 0 radical (unpaired) electrons. The lowest BCUT2D eigenvalue weighted by molar-refractivity contribution is 0.0931. The zero-order valence-electron chi connectivity index (χ0n) is 13.7. The number of nitrogens with one attached hydrogen (secondary N) is 1. The molecule has 0 saturated heterocycles. The van der Waals surface area contributed by atoms with Crippen LogP contribution in [0.2, 0.25) is 5.02 Å². The van der Waals surface area contributed by atoms with Crippen LogP contribution >= 0.6 is 11.6 Å². The topological polar surface area (TPSA) is 29.1 Å². The Morgan fingerprint density at radius 2 is 1.92 bits per heavy atom. The molecule has 0 bridgehead atoms. The van der Waals surface area contributed by atoms with Gasteiger partial charge in [-0.25, -0.2) is 4.39 Å². The van der Waals surface area contributed by atoms with Gasteiger partial charge in [-0.1, -0.05) is 36.7 Å². The lowest BCUT2D eigenvalue weighted by Crippen LogP contribution is -2.29. The lowest BCUT2D eigenvalue weighted by Gasteiger charge is -2.22. The van der Waals surface area contributed by atoms with Gasteiger partial charge in [-0.3, -0.25) is 4.79 Å². The standard InChI is InChI=1S/C20H21ClFNO/c1-2-19(15-8-7-13-5-3-4-6-14(13)11-15)23-20(24)17-10-9-16(21)12-18(17)22/h7-12,19H,2-6H2,1H3,(H,23,24)/t19-/m1/s1. The highest BCUT2D eigenvalue weighted by Gasteiger charge is 2.19. The first-order chi connectivity index (χ1) is 11.6. The Bertz CT molecular complexity index is 759. The van der Waals surface area contributed by atoms with Crippen LogP contribution in [0.25, 0.3) is 0 Å². The third-order valence-corrected chi connectivity index (χ3v) is 4.90. The summed E-state index contributed by atoms with van der Waals surface area (Å²) in [6, 6.07) is 10.4. The average Bonchev–Trinajstić information content (AvgIpc) is 2.59. The van der Waals surface area contributed by atoms with Crippen molar-refractivity contribution in [3.63, 3.8) is 0 Å². The first kappa shape index (κ1) is 17.0. The van der Waals surface area contributed by atoms with Crippen LogP contribution in [-0.4, -0.2) is 5.91 Å². The van der Waals surface area contributed by atoms with Crippen molar-refractivity contribution in [1.82, 2.24) is 5.32 Å².